The molecular weight excluding hydrogens is 306 g/mol. The summed E-state index contributed by atoms with van der Waals surface area (Å²) in [6.45, 7) is 3.62. The number of nitro groups is 1. The standard InChI is InChI=1S/C17H21N5O2/c1-13-11-14(7-8-16(13)22(23)24)20(2)15-5-4-10-21(12-15)17-6-3-9-18-19-17/h3,6-9,11,15H,4-5,10,12H2,1-2H3. The zero-order valence-corrected chi connectivity index (χ0v) is 13.9. The van der Waals surface area contributed by atoms with Crippen LogP contribution in [0.1, 0.15) is 18.4 Å². The van der Waals surface area contributed by atoms with Crippen LogP contribution in [-0.4, -0.2) is 41.3 Å². The lowest BCUT2D eigenvalue weighted by Crippen LogP contribution is -2.47. The molecule has 1 aromatic heterocycles. The van der Waals surface area contributed by atoms with Crippen LogP contribution in [0, 0.1) is 17.0 Å². The van der Waals surface area contributed by atoms with Crippen LogP contribution in [-0.2, 0) is 0 Å². The lowest BCUT2D eigenvalue weighted by molar-refractivity contribution is -0.385. The Morgan fingerprint density at radius 3 is 2.88 bits per heavy atom. The van der Waals surface area contributed by atoms with E-state index in [1.54, 1.807) is 19.2 Å². The number of hydrogen-bond acceptors (Lipinski definition) is 6. The summed E-state index contributed by atoms with van der Waals surface area (Å²) in [7, 11) is 2.05. The molecule has 3 rings (SSSR count). The lowest BCUT2D eigenvalue weighted by Gasteiger charge is -2.39. The van der Waals surface area contributed by atoms with Gasteiger partial charge in [-0.05, 0) is 44.0 Å². The van der Waals surface area contributed by atoms with E-state index in [0.717, 1.165) is 37.4 Å². The van der Waals surface area contributed by atoms with Crippen molar-refractivity contribution in [1.29, 1.82) is 0 Å². The van der Waals surface area contributed by atoms with Gasteiger partial charge in [0.2, 0.25) is 0 Å². The summed E-state index contributed by atoms with van der Waals surface area (Å²) in [6, 6.07) is 9.51. The maximum Gasteiger partial charge on any atom is 0.272 e. The third-order valence-corrected chi connectivity index (χ3v) is 4.61. The van der Waals surface area contributed by atoms with Crippen LogP contribution in [0.25, 0.3) is 0 Å². The molecule has 1 aromatic carbocycles. The van der Waals surface area contributed by atoms with Crippen molar-refractivity contribution in [1.82, 2.24) is 10.2 Å². The number of piperidine rings is 1. The summed E-state index contributed by atoms with van der Waals surface area (Å²) in [6.07, 6.45) is 3.84. The number of nitro benzene ring substituents is 1. The van der Waals surface area contributed by atoms with Gasteiger partial charge in [0.25, 0.3) is 5.69 Å². The van der Waals surface area contributed by atoms with Crippen molar-refractivity contribution in [2.45, 2.75) is 25.8 Å². The Balaban J connectivity index is 1.76. The maximum atomic E-state index is 11.0. The predicted molar refractivity (Wildman–Crippen MR) is 93.5 cm³/mol. The Labute approximate surface area is 141 Å². The molecule has 1 aliphatic rings. The SMILES string of the molecule is Cc1cc(N(C)C2CCCN(c3cccnn3)C2)ccc1[N+](=O)[O-]. The zero-order valence-electron chi connectivity index (χ0n) is 13.9. The van der Waals surface area contributed by atoms with E-state index < -0.39 is 0 Å². The summed E-state index contributed by atoms with van der Waals surface area (Å²) in [4.78, 5) is 15.1. The molecule has 7 nitrogen and oxygen atoms in total. The molecule has 1 unspecified atom stereocenters. The molecule has 24 heavy (non-hydrogen) atoms. The highest BCUT2D eigenvalue weighted by Crippen LogP contribution is 2.27. The van der Waals surface area contributed by atoms with Crippen LogP contribution >= 0.6 is 0 Å². The van der Waals surface area contributed by atoms with E-state index in [-0.39, 0.29) is 10.6 Å². The highest BCUT2D eigenvalue weighted by atomic mass is 16.6. The molecule has 1 atom stereocenters. The van der Waals surface area contributed by atoms with Crippen molar-refractivity contribution >= 4 is 17.2 Å². The Kier molecular flexibility index (Phi) is 4.59. The second-order valence-corrected chi connectivity index (χ2v) is 6.16. The average molecular weight is 327 g/mol. The maximum absolute atomic E-state index is 11.0. The number of aromatic nitrogens is 2. The second kappa shape index (κ2) is 6.82. The number of aryl methyl sites for hydroxylation is 1. The molecule has 0 saturated carbocycles. The van der Waals surface area contributed by atoms with Gasteiger partial charge in [0.1, 0.15) is 0 Å². The normalized spacial score (nSPS) is 17.6. The van der Waals surface area contributed by atoms with Gasteiger partial charge in [-0.1, -0.05) is 0 Å². The van der Waals surface area contributed by atoms with E-state index in [0.29, 0.717) is 11.6 Å². The van der Waals surface area contributed by atoms with Crippen molar-refractivity contribution in [2.75, 3.05) is 29.9 Å². The zero-order chi connectivity index (χ0) is 17.1. The molecule has 2 aromatic rings. The monoisotopic (exact) mass is 327 g/mol. The van der Waals surface area contributed by atoms with Gasteiger partial charge in [-0.2, -0.15) is 5.10 Å². The smallest absolute Gasteiger partial charge is 0.272 e. The number of rotatable bonds is 4. The highest BCUT2D eigenvalue weighted by Gasteiger charge is 2.25. The molecule has 7 heteroatoms. The van der Waals surface area contributed by atoms with Crippen LogP contribution in [0.4, 0.5) is 17.2 Å². The summed E-state index contributed by atoms with van der Waals surface area (Å²) in [5.74, 6) is 0.899. The van der Waals surface area contributed by atoms with Gasteiger partial charge in [-0.25, -0.2) is 0 Å². The van der Waals surface area contributed by atoms with Crippen LogP contribution in [0.2, 0.25) is 0 Å². The number of anilines is 2. The van der Waals surface area contributed by atoms with Crippen LogP contribution < -0.4 is 9.80 Å². The first-order valence-electron chi connectivity index (χ1n) is 8.07. The highest BCUT2D eigenvalue weighted by molar-refractivity contribution is 5.56. The van der Waals surface area contributed by atoms with Crippen LogP contribution in [0.5, 0.6) is 0 Å². The topological polar surface area (TPSA) is 75.4 Å². The van der Waals surface area contributed by atoms with Gasteiger partial charge in [-0.15, -0.1) is 5.10 Å². The van der Waals surface area contributed by atoms with E-state index in [9.17, 15) is 10.1 Å². The van der Waals surface area contributed by atoms with Crippen molar-refractivity contribution < 1.29 is 4.92 Å². The molecule has 1 saturated heterocycles. The van der Waals surface area contributed by atoms with Crippen LogP contribution in [0.3, 0.4) is 0 Å². The van der Waals surface area contributed by atoms with Gasteiger partial charge in [0.15, 0.2) is 5.82 Å². The Bertz CT molecular complexity index is 722. The second-order valence-electron chi connectivity index (χ2n) is 6.16. The number of benzene rings is 1. The Morgan fingerprint density at radius 1 is 1.38 bits per heavy atom. The quantitative estimate of drug-likeness (QED) is 0.635. The van der Waals surface area contributed by atoms with Crippen molar-refractivity contribution in [3.05, 3.63) is 52.2 Å². The average Bonchev–Trinajstić information content (AvgIpc) is 2.61. The fourth-order valence-corrected chi connectivity index (χ4v) is 3.22. The number of nitrogens with zero attached hydrogens (tertiary/aromatic N) is 5. The molecule has 0 amide bonds. The van der Waals surface area contributed by atoms with Crippen LogP contribution in [0.15, 0.2) is 36.5 Å². The fourth-order valence-electron chi connectivity index (χ4n) is 3.22. The van der Waals surface area contributed by atoms with Crippen molar-refractivity contribution in [3.63, 3.8) is 0 Å². The Morgan fingerprint density at radius 2 is 2.21 bits per heavy atom. The molecular formula is C17H21N5O2. The van der Waals surface area contributed by atoms with Crippen molar-refractivity contribution in [3.8, 4) is 0 Å². The number of hydrogen-bond donors (Lipinski definition) is 0. The summed E-state index contributed by atoms with van der Waals surface area (Å²) >= 11 is 0. The Hall–Kier alpha value is -2.70. The van der Waals surface area contributed by atoms with E-state index in [2.05, 4.69) is 20.0 Å². The first-order valence-corrected chi connectivity index (χ1v) is 8.07. The van der Waals surface area contributed by atoms with Gasteiger partial charge >= 0.3 is 0 Å². The van der Waals surface area contributed by atoms with Gasteiger partial charge in [0.05, 0.1) is 4.92 Å². The fraction of sp³-hybridized carbons (Fsp3) is 0.412. The largest absolute Gasteiger partial charge is 0.370 e. The van der Waals surface area contributed by atoms with Gasteiger partial charge < -0.3 is 9.80 Å². The molecule has 0 aliphatic carbocycles. The third kappa shape index (κ3) is 3.29. The summed E-state index contributed by atoms with van der Waals surface area (Å²) in [5.41, 5.74) is 1.85. The van der Waals surface area contributed by atoms with E-state index >= 15 is 0 Å². The lowest BCUT2D eigenvalue weighted by atomic mass is 10.0. The van der Waals surface area contributed by atoms with E-state index in [4.69, 9.17) is 0 Å². The van der Waals surface area contributed by atoms with E-state index in [1.165, 1.54) is 0 Å². The minimum absolute atomic E-state index is 0.164. The minimum Gasteiger partial charge on any atom is -0.370 e. The first-order chi connectivity index (χ1) is 11.6. The van der Waals surface area contributed by atoms with Gasteiger partial charge in [0, 0.05) is 49.7 Å². The summed E-state index contributed by atoms with van der Waals surface area (Å²) < 4.78 is 0. The van der Waals surface area contributed by atoms with Gasteiger partial charge in [-0.3, -0.25) is 10.1 Å². The third-order valence-electron chi connectivity index (χ3n) is 4.61. The molecule has 0 radical (unpaired) electrons. The van der Waals surface area contributed by atoms with Crippen molar-refractivity contribution in [2.24, 2.45) is 0 Å². The minimum atomic E-state index is -0.338. The molecule has 0 spiro atoms. The van der Waals surface area contributed by atoms with E-state index in [1.807, 2.05) is 31.3 Å². The molecule has 1 fully saturated rings. The molecule has 1 aliphatic heterocycles. The summed E-state index contributed by atoms with van der Waals surface area (Å²) in [5, 5.41) is 19.1. The molecule has 0 N–H and O–H groups in total. The first kappa shape index (κ1) is 16.2. The molecule has 0 bridgehead atoms. The molecule has 126 valence electrons. The number of likely N-dealkylation sites (N-methyl/N-ethyl adjacent to an activating group) is 1. The molecule has 2 heterocycles. The predicted octanol–water partition coefficient (Wildman–Crippen LogP) is 2.80.